The van der Waals surface area contributed by atoms with Crippen molar-refractivity contribution in [1.29, 1.82) is 5.26 Å². The fraction of sp³-hybridized carbons (Fsp3) is 0.375. The molecule has 13 heavy (non-hydrogen) atoms. The van der Waals surface area contributed by atoms with Crippen molar-refractivity contribution in [2.24, 2.45) is 0 Å². The second-order valence-electron chi connectivity index (χ2n) is 2.60. The molecule has 0 aliphatic rings. The second-order valence-corrected chi connectivity index (χ2v) is 2.60. The summed E-state index contributed by atoms with van der Waals surface area (Å²) in [7, 11) is 0. The highest BCUT2D eigenvalue weighted by Crippen LogP contribution is 2.05. The number of nitrogens with one attached hydrogen (secondary N) is 1. The van der Waals surface area contributed by atoms with Crippen LogP contribution >= 0.6 is 0 Å². The monoisotopic (exact) mass is 178 g/mol. The van der Waals surface area contributed by atoms with E-state index in [4.69, 9.17) is 10.4 Å². The molecule has 1 rings (SSSR count). The van der Waals surface area contributed by atoms with E-state index in [-0.39, 0.29) is 5.69 Å². The van der Waals surface area contributed by atoms with E-state index in [1.807, 2.05) is 6.07 Å². The Bertz CT molecular complexity index is 318. The molecular weight excluding hydrogens is 168 g/mol. The van der Waals surface area contributed by atoms with Gasteiger partial charge in [-0.25, -0.2) is 9.97 Å². The molecule has 0 radical (unpaired) electrons. The molecule has 0 saturated carbocycles. The van der Waals surface area contributed by atoms with Gasteiger partial charge in [-0.2, -0.15) is 5.26 Å². The maximum Gasteiger partial charge on any atom is 0.182 e. The lowest BCUT2D eigenvalue weighted by molar-refractivity contribution is 0.208. The van der Waals surface area contributed by atoms with Crippen molar-refractivity contribution in [1.82, 2.24) is 9.97 Å². The number of hydrogen-bond acceptors (Lipinski definition) is 5. The van der Waals surface area contributed by atoms with Crippen LogP contribution in [0.4, 0.5) is 5.82 Å². The third-order valence-corrected chi connectivity index (χ3v) is 1.37. The predicted molar refractivity (Wildman–Crippen MR) is 46.9 cm³/mol. The Morgan fingerprint density at radius 1 is 1.62 bits per heavy atom. The summed E-state index contributed by atoms with van der Waals surface area (Å²) in [4.78, 5) is 7.72. The van der Waals surface area contributed by atoms with E-state index in [0.29, 0.717) is 12.4 Å². The van der Waals surface area contributed by atoms with Crippen molar-refractivity contribution in [2.45, 2.75) is 13.0 Å². The number of hydrogen-bond donors (Lipinski definition) is 2. The molecule has 0 amide bonds. The molecule has 1 atom stereocenters. The van der Waals surface area contributed by atoms with Crippen molar-refractivity contribution in [3.05, 3.63) is 18.1 Å². The summed E-state index contributed by atoms with van der Waals surface area (Å²) in [5, 5.41) is 20.4. The van der Waals surface area contributed by atoms with E-state index in [1.165, 1.54) is 12.4 Å². The van der Waals surface area contributed by atoms with Crippen LogP contribution < -0.4 is 5.32 Å². The summed E-state index contributed by atoms with van der Waals surface area (Å²) in [6, 6.07) is 1.90. The number of nitriles is 1. The van der Waals surface area contributed by atoms with Gasteiger partial charge < -0.3 is 10.4 Å². The molecule has 0 aromatic carbocycles. The second kappa shape index (κ2) is 4.38. The maximum absolute atomic E-state index is 8.98. The normalized spacial score (nSPS) is 11.8. The van der Waals surface area contributed by atoms with Crippen molar-refractivity contribution in [2.75, 3.05) is 11.9 Å². The van der Waals surface area contributed by atoms with Gasteiger partial charge in [0.25, 0.3) is 0 Å². The van der Waals surface area contributed by atoms with Gasteiger partial charge in [0, 0.05) is 18.9 Å². The first-order chi connectivity index (χ1) is 6.24. The molecule has 68 valence electrons. The smallest absolute Gasteiger partial charge is 0.182 e. The number of anilines is 1. The number of aliphatic hydroxyl groups is 1. The fourth-order valence-electron chi connectivity index (χ4n) is 0.794. The van der Waals surface area contributed by atoms with Crippen LogP contribution in [0.15, 0.2) is 12.4 Å². The van der Waals surface area contributed by atoms with Crippen molar-refractivity contribution < 1.29 is 5.11 Å². The van der Waals surface area contributed by atoms with Crippen LogP contribution in [-0.2, 0) is 0 Å². The molecule has 1 aromatic heterocycles. The summed E-state index contributed by atoms with van der Waals surface area (Å²) in [5.74, 6) is 0.408. The molecule has 1 aromatic rings. The average molecular weight is 178 g/mol. The van der Waals surface area contributed by atoms with E-state index in [1.54, 1.807) is 6.92 Å². The van der Waals surface area contributed by atoms with Gasteiger partial charge >= 0.3 is 0 Å². The maximum atomic E-state index is 8.98. The van der Waals surface area contributed by atoms with Gasteiger partial charge in [0.05, 0.1) is 6.10 Å². The van der Waals surface area contributed by atoms with E-state index in [2.05, 4.69) is 15.3 Å². The minimum absolute atomic E-state index is 0.239. The minimum atomic E-state index is -0.478. The molecule has 5 heteroatoms. The van der Waals surface area contributed by atoms with Gasteiger partial charge in [-0.3, -0.25) is 0 Å². The first-order valence-corrected chi connectivity index (χ1v) is 3.87. The summed E-state index contributed by atoms with van der Waals surface area (Å²) >= 11 is 0. The summed E-state index contributed by atoms with van der Waals surface area (Å²) in [6.45, 7) is 2.00. The molecule has 0 bridgehead atoms. The Balaban J connectivity index is 2.71. The number of rotatable bonds is 3. The zero-order valence-corrected chi connectivity index (χ0v) is 7.23. The van der Waals surface area contributed by atoms with Gasteiger partial charge in [0.2, 0.25) is 0 Å². The highest BCUT2D eigenvalue weighted by molar-refractivity contribution is 5.46. The van der Waals surface area contributed by atoms with Crippen LogP contribution in [0.1, 0.15) is 12.6 Å². The fourth-order valence-corrected chi connectivity index (χ4v) is 0.794. The Labute approximate surface area is 76.1 Å². The first kappa shape index (κ1) is 9.42. The van der Waals surface area contributed by atoms with Crippen LogP contribution in [0.2, 0.25) is 0 Å². The Hall–Kier alpha value is -1.67. The molecule has 5 nitrogen and oxygen atoms in total. The van der Waals surface area contributed by atoms with Crippen LogP contribution in [-0.4, -0.2) is 27.7 Å². The van der Waals surface area contributed by atoms with Gasteiger partial charge in [-0.1, -0.05) is 0 Å². The van der Waals surface area contributed by atoms with Crippen LogP contribution in [0.5, 0.6) is 0 Å². The highest BCUT2D eigenvalue weighted by atomic mass is 16.3. The van der Waals surface area contributed by atoms with Crippen molar-refractivity contribution in [3.63, 3.8) is 0 Å². The summed E-state index contributed by atoms with van der Waals surface area (Å²) < 4.78 is 0. The number of aliphatic hydroxyl groups excluding tert-OH is 1. The van der Waals surface area contributed by atoms with E-state index in [0.717, 1.165) is 0 Å². The van der Waals surface area contributed by atoms with E-state index >= 15 is 0 Å². The molecular formula is C8H10N4O. The third-order valence-electron chi connectivity index (χ3n) is 1.37. The quantitative estimate of drug-likeness (QED) is 0.688. The van der Waals surface area contributed by atoms with Crippen LogP contribution in [0.25, 0.3) is 0 Å². The topological polar surface area (TPSA) is 81.8 Å². The Morgan fingerprint density at radius 3 is 2.92 bits per heavy atom. The average Bonchev–Trinajstić information content (AvgIpc) is 2.15. The van der Waals surface area contributed by atoms with Crippen LogP contribution in [0.3, 0.4) is 0 Å². The zero-order chi connectivity index (χ0) is 9.68. The van der Waals surface area contributed by atoms with Gasteiger partial charge in [-0.15, -0.1) is 0 Å². The van der Waals surface area contributed by atoms with E-state index < -0.39 is 6.10 Å². The minimum Gasteiger partial charge on any atom is -0.392 e. The molecule has 0 fully saturated rings. The molecule has 1 heterocycles. The largest absolute Gasteiger partial charge is 0.392 e. The van der Waals surface area contributed by atoms with Crippen molar-refractivity contribution >= 4 is 5.82 Å². The Kier molecular flexibility index (Phi) is 3.17. The molecule has 1 unspecified atom stereocenters. The lowest BCUT2D eigenvalue weighted by atomic mass is 10.4. The van der Waals surface area contributed by atoms with Crippen molar-refractivity contribution in [3.8, 4) is 6.07 Å². The standard InChI is InChI=1S/C8H10N4O/c1-6(13)5-12-8-7(4-9)10-2-3-11-8/h2-3,6,13H,5H2,1H3,(H,11,12). The first-order valence-electron chi connectivity index (χ1n) is 3.87. The van der Waals surface area contributed by atoms with Gasteiger partial charge in [-0.05, 0) is 6.92 Å². The predicted octanol–water partition coefficient (Wildman–Crippen LogP) is 0.141. The molecule has 0 aliphatic carbocycles. The molecule has 2 N–H and O–H groups in total. The third kappa shape index (κ3) is 2.69. The molecule has 0 saturated heterocycles. The van der Waals surface area contributed by atoms with Crippen LogP contribution in [0, 0.1) is 11.3 Å². The number of aromatic nitrogens is 2. The zero-order valence-electron chi connectivity index (χ0n) is 7.23. The summed E-state index contributed by atoms with van der Waals surface area (Å²) in [6.07, 6.45) is 2.46. The lowest BCUT2D eigenvalue weighted by Crippen LogP contribution is -2.17. The van der Waals surface area contributed by atoms with E-state index in [9.17, 15) is 0 Å². The molecule has 0 spiro atoms. The van der Waals surface area contributed by atoms with Gasteiger partial charge in [0.1, 0.15) is 6.07 Å². The van der Waals surface area contributed by atoms with Gasteiger partial charge in [0.15, 0.2) is 11.5 Å². The summed E-state index contributed by atoms with van der Waals surface area (Å²) in [5.41, 5.74) is 0.239. The molecule has 0 aliphatic heterocycles. The highest BCUT2D eigenvalue weighted by Gasteiger charge is 2.03. The number of nitrogens with zero attached hydrogens (tertiary/aromatic N) is 3. The Morgan fingerprint density at radius 2 is 2.31 bits per heavy atom. The lowest BCUT2D eigenvalue weighted by Gasteiger charge is -2.07. The SMILES string of the molecule is CC(O)CNc1nccnc1C#N.